The summed E-state index contributed by atoms with van der Waals surface area (Å²) >= 11 is 5.77. The Bertz CT molecular complexity index is 1450. The van der Waals surface area contributed by atoms with Crippen LogP contribution < -0.4 is 5.32 Å². The van der Waals surface area contributed by atoms with Gasteiger partial charge in [0.15, 0.2) is 0 Å². The van der Waals surface area contributed by atoms with Crippen LogP contribution in [0.1, 0.15) is 60.5 Å². The molecule has 0 bridgehead atoms. The van der Waals surface area contributed by atoms with Gasteiger partial charge in [-0.3, -0.25) is 9.59 Å². The number of para-hydroxylation sites is 1. The number of imidazole rings is 1. The topological polar surface area (TPSA) is 144 Å². The fourth-order valence-electron chi connectivity index (χ4n) is 5.04. The van der Waals surface area contributed by atoms with Gasteiger partial charge in [-0.15, -0.1) is 6.04 Å². The molecule has 4 heterocycles. The van der Waals surface area contributed by atoms with Gasteiger partial charge in [0.2, 0.25) is 11.7 Å². The number of carbonyl (C=O) groups excluding carboxylic acids is 2. The number of alkyl halides is 2. The molecule has 2 saturated heterocycles. The minimum Gasteiger partial charge on any atom is -0.675 e. The van der Waals surface area contributed by atoms with E-state index in [4.69, 9.17) is 17.3 Å². The molecule has 0 atom stereocenters. The van der Waals surface area contributed by atoms with E-state index in [0.717, 1.165) is 25.9 Å². The van der Waals surface area contributed by atoms with Crippen LogP contribution in [0.2, 0.25) is 5.02 Å². The molecule has 0 spiro atoms. The molecule has 5 rings (SSSR count). The van der Waals surface area contributed by atoms with Gasteiger partial charge in [-0.1, -0.05) is 30.5 Å². The van der Waals surface area contributed by atoms with Crippen LogP contribution in [0.15, 0.2) is 36.5 Å². The van der Waals surface area contributed by atoms with Crippen molar-refractivity contribution in [2.75, 3.05) is 31.5 Å². The molecule has 2 aliphatic heterocycles. The van der Waals surface area contributed by atoms with Gasteiger partial charge in [0.1, 0.15) is 17.9 Å². The summed E-state index contributed by atoms with van der Waals surface area (Å²) in [6.45, 7) is 6.07. The van der Waals surface area contributed by atoms with E-state index in [1.165, 1.54) is 46.0 Å². The predicted molar refractivity (Wildman–Crippen MR) is 159 cm³/mol. The lowest BCUT2D eigenvalue weighted by Crippen LogP contribution is -2.42. The Morgan fingerprint density at radius 2 is 1.79 bits per heavy atom. The number of fused-ring (bicyclic) bond motifs is 1. The lowest BCUT2D eigenvalue weighted by Gasteiger charge is -2.36. The molecule has 2 amide bonds. The molecule has 2 aliphatic rings. The molecule has 14 heteroatoms. The number of aromatic carboxylic acids is 1. The molecule has 0 aliphatic carbocycles. The average Bonchev–Trinajstić information content (AvgIpc) is 3.33. The standard InChI is InChI=1S/C21H18ClF2N5O4.C8H17N2/c22-12-4-5-15(25-10-12)26-16(30)11-29-14-3-1-2-13(17(14)27-18(29)20(32)33)19(31)28-8-6-21(23,24)7-9-28;1-7(2)10-5-3-8(9)4-6-10/h1-5,10H,6-9,11H2,(H,32,33)(H,25,26,30);7-9H,3-6H2,1-2H3/q;-1. The minimum atomic E-state index is -2.81. The highest BCUT2D eigenvalue weighted by Crippen LogP contribution is 2.30. The van der Waals surface area contributed by atoms with Crippen LogP contribution in [0.5, 0.6) is 0 Å². The first-order valence-corrected chi connectivity index (χ1v) is 14.5. The van der Waals surface area contributed by atoms with Gasteiger partial charge in [0.25, 0.3) is 11.8 Å². The van der Waals surface area contributed by atoms with Gasteiger partial charge in [-0.05, 0) is 51.2 Å². The summed E-state index contributed by atoms with van der Waals surface area (Å²) in [5.41, 5.74) is 7.89. The van der Waals surface area contributed by atoms with Crippen LogP contribution >= 0.6 is 11.6 Å². The summed E-state index contributed by atoms with van der Waals surface area (Å²) in [4.78, 5) is 49.1. The largest absolute Gasteiger partial charge is 0.675 e. The number of halogens is 3. The molecule has 43 heavy (non-hydrogen) atoms. The third-order valence-corrected chi connectivity index (χ3v) is 7.76. The number of piperidine rings is 2. The molecule has 2 aromatic heterocycles. The molecular formula is C29H35ClF2N7O4-. The van der Waals surface area contributed by atoms with Crippen molar-refractivity contribution in [3.63, 3.8) is 0 Å². The normalized spacial score (nSPS) is 17.4. The number of hydrogen-bond acceptors (Lipinski definition) is 6. The zero-order valence-electron chi connectivity index (χ0n) is 24.0. The molecule has 0 saturated carbocycles. The van der Waals surface area contributed by atoms with Crippen LogP contribution in [0, 0.1) is 0 Å². The predicted octanol–water partition coefficient (Wildman–Crippen LogP) is 5.20. The highest BCUT2D eigenvalue weighted by Gasteiger charge is 2.36. The maximum Gasteiger partial charge on any atom is 0.372 e. The van der Waals surface area contributed by atoms with Crippen molar-refractivity contribution in [3.05, 3.63) is 58.7 Å². The number of nitrogens with one attached hydrogen (secondary N) is 2. The number of rotatable bonds is 6. The summed E-state index contributed by atoms with van der Waals surface area (Å²) in [5, 5.41) is 12.5. The number of carboxylic acid groups (broad SMARTS) is 1. The zero-order chi connectivity index (χ0) is 31.3. The molecule has 0 unspecified atom stereocenters. The second kappa shape index (κ2) is 13.7. The number of benzene rings is 1. The van der Waals surface area contributed by atoms with Crippen molar-refractivity contribution >= 4 is 46.2 Å². The average molecular weight is 619 g/mol. The Morgan fingerprint density at radius 1 is 1.12 bits per heavy atom. The monoisotopic (exact) mass is 618 g/mol. The Morgan fingerprint density at radius 3 is 2.37 bits per heavy atom. The first-order chi connectivity index (χ1) is 20.3. The van der Waals surface area contributed by atoms with E-state index in [-0.39, 0.29) is 41.5 Å². The van der Waals surface area contributed by atoms with Crippen LogP contribution in [0.25, 0.3) is 16.8 Å². The molecule has 3 aromatic rings. The van der Waals surface area contributed by atoms with Crippen molar-refractivity contribution in [1.29, 1.82) is 0 Å². The molecule has 2 fully saturated rings. The Kier molecular flexibility index (Phi) is 10.3. The first kappa shape index (κ1) is 32.2. The van der Waals surface area contributed by atoms with Crippen molar-refractivity contribution in [3.8, 4) is 0 Å². The minimum absolute atomic E-state index is 0.0784. The summed E-state index contributed by atoms with van der Waals surface area (Å²) in [6.07, 6.45) is 2.60. The quantitative estimate of drug-likeness (QED) is 0.386. The first-order valence-electron chi connectivity index (χ1n) is 14.1. The number of carbonyl (C=O) groups is 3. The highest BCUT2D eigenvalue weighted by molar-refractivity contribution is 6.30. The van der Waals surface area contributed by atoms with Crippen molar-refractivity contribution in [2.24, 2.45) is 0 Å². The highest BCUT2D eigenvalue weighted by atomic mass is 35.5. The fraction of sp³-hybridized carbons (Fsp3) is 0.483. The molecular weight excluding hydrogens is 584 g/mol. The second-order valence-electron chi connectivity index (χ2n) is 11.0. The molecule has 1 aromatic carbocycles. The fourth-order valence-corrected chi connectivity index (χ4v) is 5.15. The summed E-state index contributed by atoms with van der Waals surface area (Å²) in [5.74, 6) is -5.50. The number of pyridine rings is 1. The smallest absolute Gasteiger partial charge is 0.372 e. The molecule has 11 nitrogen and oxygen atoms in total. The number of aromatic nitrogens is 3. The summed E-state index contributed by atoms with van der Waals surface area (Å²) in [6, 6.07) is 8.43. The maximum atomic E-state index is 13.5. The van der Waals surface area contributed by atoms with E-state index in [1.54, 1.807) is 0 Å². The zero-order valence-corrected chi connectivity index (χ0v) is 24.8. The Balaban J connectivity index is 0.000000359. The lowest BCUT2D eigenvalue weighted by molar-refractivity contribution is -0.116. The van der Waals surface area contributed by atoms with Crippen molar-refractivity contribution < 1.29 is 28.3 Å². The summed E-state index contributed by atoms with van der Waals surface area (Å²) < 4.78 is 28.1. The van der Waals surface area contributed by atoms with Gasteiger partial charge in [0.05, 0.1) is 16.1 Å². The lowest BCUT2D eigenvalue weighted by atomic mass is 10.0. The van der Waals surface area contributed by atoms with E-state index in [0.29, 0.717) is 11.1 Å². The van der Waals surface area contributed by atoms with Gasteiger partial charge < -0.3 is 30.5 Å². The van der Waals surface area contributed by atoms with Crippen molar-refractivity contribution in [2.45, 2.75) is 64.1 Å². The molecule has 3 N–H and O–H groups in total. The van der Waals surface area contributed by atoms with E-state index in [9.17, 15) is 28.3 Å². The number of likely N-dealkylation sites (tertiary alicyclic amines) is 2. The number of amides is 2. The third-order valence-electron chi connectivity index (χ3n) is 7.54. The van der Waals surface area contributed by atoms with E-state index in [2.05, 4.69) is 34.0 Å². The van der Waals surface area contributed by atoms with Crippen LogP contribution in [0.4, 0.5) is 14.6 Å². The van der Waals surface area contributed by atoms with Crippen LogP contribution in [-0.4, -0.2) is 91.4 Å². The van der Waals surface area contributed by atoms with Gasteiger partial charge >= 0.3 is 5.97 Å². The molecule has 232 valence electrons. The maximum absolute atomic E-state index is 13.5. The van der Waals surface area contributed by atoms with E-state index in [1.807, 2.05) is 0 Å². The molecule has 0 radical (unpaired) electrons. The van der Waals surface area contributed by atoms with Gasteiger partial charge in [-0.2, -0.15) is 0 Å². The number of carboxylic acids is 1. The SMILES string of the molecule is CC(C)N1CCC([NH-])CC1.O=C(Cn1c(C(=O)O)nc2c(C(=O)N3CCC(F)(F)CC3)cccc21)Nc1ccc(Cl)cn1. The number of nitrogens with zero attached hydrogens (tertiary/aromatic N) is 5. The van der Waals surface area contributed by atoms with Crippen LogP contribution in [-0.2, 0) is 11.3 Å². The van der Waals surface area contributed by atoms with Gasteiger partial charge in [0, 0.05) is 38.2 Å². The third kappa shape index (κ3) is 8.24. The second-order valence-corrected chi connectivity index (χ2v) is 11.4. The number of hydrogen-bond donors (Lipinski definition) is 2. The van der Waals surface area contributed by atoms with E-state index >= 15 is 0 Å². The summed E-state index contributed by atoms with van der Waals surface area (Å²) in [7, 11) is 0. The Labute approximate surface area is 253 Å². The van der Waals surface area contributed by atoms with Crippen LogP contribution in [0.3, 0.4) is 0 Å². The van der Waals surface area contributed by atoms with Crippen molar-refractivity contribution in [1.82, 2.24) is 24.3 Å². The number of anilines is 1. The van der Waals surface area contributed by atoms with Gasteiger partial charge in [-0.25, -0.2) is 23.5 Å². The Hall–Kier alpha value is -3.68. The van der Waals surface area contributed by atoms with E-state index < -0.39 is 48.9 Å².